The fraction of sp³-hybridized carbons (Fsp3) is 0.120. The van der Waals surface area contributed by atoms with Gasteiger partial charge in [-0.05, 0) is 48.2 Å². The highest BCUT2D eigenvalue weighted by Crippen LogP contribution is 2.51. The molecule has 3 heterocycles. The third-order valence-electron chi connectivity index (χ3n) is 5.95. The number of aromatic nitrogens is 3. The fourth-order valence-corrected chi connectivity index (χ4v) is 5.45. The molecular weight excluding hydrogens is 539 g/mol. The van der Waals surface area contributed by atoms with E-state index in [-0.39, 0.29) is 5.82 Å². The number of hydrogen-bond acceptors (Lipinski definition) is 5. The zero-order valence-electron chi connectivity index (χ0n) is 17.8. The Hall–Kier alpha value is -2.81. The molecule has 0 saturated carbocycles. The molecule has 0 amide bonds. The van der Waals surface area contributed by atoms with E-state index in [1.807, 2.05) is 48.7 Å². The highest BCUT2D eigenvalue weighted by Gasteiger charge is 2.42. The first-order valence-corrected chi connectivity index (χ1v) is 12.9. The molecule has 1 aromatic heterocycles. The van der Waals surface area contributed by atoms with Crippen molar-refractivity contribution in [2.75, 3.05) is 11.6 Å². The van der Waals surface area contributed by atoms with Gasteiger partial charge in [0.25, 0.3) is 0 Å². The first-order chi connectivity index (χ1) is 16.5. The minimum atomic E-state index is -0.572. The van der Waals surface area contributed by atoms with Crippen LogP contribution >= 0.6 is 39.3 Å². The van der Waals surface area contributed by atoms with Gasteiger partial charge in [-0.15, -0.1) is 5.10 Å². The number of halogens is 3. The van der Waals surface area contributed by atoms with Crippen LogP contribution in [0.1, 0.15) is 28.8 Å². The van der Waals surface area contributed by atoms with Crippen LogP contribution < -0.4 is 10.1 Å². The summed E-state index contributed by atoms with van der Waals surface area (Å²) in [6.45, 7) is 0. The number of nitrogens with zero attached hydrogens (tertiary/aromatic N) is 3. The molecule has 2 aliphatic heterocycles. The third kappa shape index (κ3) is 3.52. The van der Waals surface area contributed by atoms with Crippen LogP contribution in [0.15, 0.2) is 81.9 Å². The lowest BCUT2D eigenvalue weighted by Crippen LogP contribution is -2.32. The second kappa shape index (κ2) is 8.45. The van der Waals surface area contributed by atoms with Crippen molar-refractivity contribution in [3.05, 3.63) is 104 Å². The molecule has 0 aliphatic carbocycles. The normalized spacial score (nSPS) is 18.5. The minimum Gasteiger partial charge on any atom is -0.480 e. The van der Waals surface area contributed by atoms with Crippen LogP contribution in [0.5, 0.6) is 5.75 Å². The lowest BCUT2D eigenvalue weighted by atomic mass is 9.84. The van der Waals surface area contributed by atoms with Gasteiger partial charge >= 0.3 is 0 Å². The summed E-state index contributed by atoms with van der Waals surface area (Å²) in [6, 6.07) is 19.6. The van der Waals surface area contributed by atoms with Crippen molar-refractivity contribution < 1.29 is 9.13 Å². The number of anilines is 1. The summed E-state index contributed by atoms with van der Waals surface area (Å²) >= 11 is 11.4. The van der Waals surface area contributed by atoms with Crippen molar-refractivity contribution in [1.82, 2.24) is 14.8 Å². The molecule has 1 N–H and O–H groups in total. The molecule has 2 aliphatic rings. The van der Waals surface area contributed by atoms with Crippen molar-refractivity contribution in [3.8, 4) is 5.75 Å². The molecule has 6 rings (SSSR count). The van der Waals surface area contributed by atoms with Gasteiger partial charge in [-0.2, -0.15) is 4.98 Å². The molecule has 2 atom stereocenters. The van der Waals surface area contributed by atoms with E-state index in [9.17, 15) is 0 Å². The maximum Gasteiger partial charge on any atom is 0.227 e. The monoisotopic (exact) mass is 554 g/mol. The highest BCUT2D eigenvalue weighted by molar-refractivity contribution is 9.10. The largest absolute Gasteiger partial charge is 0.480 e. The van der Waals surface area contributed by atoms with Gasteiger partial charge < -0.3 is 10.1 Å². The Morgan fingerprint density at radius 3 is 2.76 bits per heavy atom. The van der Waals surface area contributed by atoms with Crippen molar-refractivity contribution in [3.63, 3.8) is 0 Å². The fourth-order valence-electron chi connectivity index (χ4n) is 4.51. The van der Waals surface area contributed by atoms with Gasteiger partial charge in [-0.1, -0.05) is 69.6 Å². The Morgan fingerprint density at radius 1 is 1.12 bits per heavy atom. The molecular formula is C25H17BrClFN4OS. The van der Waals surface area contributed by atoms with E-state index >= 15 is 4.39 Å². The van der Waals surface area contributed by atoms with Gasteiger partial charge in [0.2, 0.25) is 11.1 Å². The van der Waals surface area contributed by atoms with Crippen LogP contribution in [-0.4, -0.2) is 21.0 Å². The van der Waals surface area contributed by atoms with E-state index in [4.69, 9.17) is 21.4 Å². The summed E-state index contributed by atoms with van der Waals surface area (Å²) in [5.74, 6) is 0.904. The zero-order chi connectivity index (χ0) is 23.4. The van der Waals surface area contributed by atoms with E-state index in [1.54, 1.807) is 22.9 Å². The lowest BCUT2D eigenvalue weighted by molar-refractivity contribution is 0.222. The molecule has 0 unspecified atom stereocenters. The van der Waals surface area contributed by atoms with Crippen LogP contribution in [0.4, 0.5) is 10.3 Å². The molecule has 3 aromatic carbocycles. The van der Waals surface area contributed by atoms with Crippen molar-refractivity contribution in [2.45, 2.75) is 17.3 Å². The Morgan fingerprint density at radius 2 is 1.97 bits per heavy atom. The number of fused-ring (bicyclic) bond motifs is 3. The molecule has 0 bridgehead atoms. The highest BCUT2D eigenvalue weighted by atomic mass is 79.9. The standard InChI is InChI=1S/C25H17BrClFN4OS/c1-34-25-30-24-29-21-17-12-15(27)9-10-19(17)33-23(13-5-4-6-14(26)11-13)20(21)22(32(24)31-25)16-7-2-3-8-18(16)28/h2-12,22-23H,1H3,(H,29,30,31)/t22-,23+/m0/s1. The Bertz CT molecular complexity index is 1470. The number of benzene rings is 3. The molecule has 34 heavy (non-hydrogen) atoms. The van der Waals surface area contributed by atoms with Crippen LogP contribution in [-0.2, 0) is 0 Å². The quantitative estimate of drug-likeness (QED) is 0.273. The van der Waals surface area contributed by atoms with Gasteiger partial charge in [0.05, 0.1) is 5.70 Å². The van der Waals surface area contributed by atoms with Crippen molar-refractivity contribution in [2.24, 2.45) is 0 Å². The Balaban J connectivity index is 1.67. The first kappa shape index (κ1) is 21.7. The molecule has 0 spiro atoms. The number of ether oxygens (including phenoxy) is 1. The molecule has 4 aromatic rings. The molecule has 170 valence electrons. The molecule has 5 nitrogen and oxygen atoms in total. The molecule has 9 heteroatoms. The van der Waals surface area contributed by atoms with E-state index < -0.39 is 12.1 Å². The van der Waals surface area contributed by atoms with Gasteiger partial charge in [0.15, 0.2) is 0 Å². The third-order valence-corrected chi connectivity index (χ3v) is 7.21. The van der Waals surface area contributed by atoms with Crippen LogP contribution in [0.25, 0.3) is 5.70 Å². The predicted octanol–water partition coefficient (Wildman–Crippen LogP) is 7.11. The van der Waals surface area contributed by atoms with Gasteiger partial charge in [0.1, 0.15) is 23.7 Å². The second-order valence-corrected chi connectivity index (χ2v) is 10.1. The van der Waals surface area contributed by atoms with Gasteiger partial charge in [-0.3, -0.25) is 0 Å². The molecule has 0 fully saturated rings. The maximum absolute atomic E-state index is 15.3. The number of thioether (sulfide) groups is 1. The Kier molecular flexibility index (Phi) is 5.39. The zero-order valence-corrected chi connectivity index (χ0v) is 21.0. The number of rotatable bonds is 3. The number of hydrogen-bond donors (Lipinski definition) is 1. The predicted molar refractivity (Wildman–Crippen MR) is 136 cm³/mol. The van der Waals surface area contributed by atoms with Crippen LogP contribution in [0.2, 0.25) is 5.02 Å². The average Bonchev–Trinajstić information content (AvgIpc) is 3.26. The van der Waals surface area contributed by atoms with Gasteiger partial charge in [-0.25, -0.2) is 9.07 Å². The van der Waals surface area contributed by atoms with E-state index in [1.165, 1.54) is 17.8 Å². The summed E-state index contributed by atoms with van der Waals surface area (Å²) in [6.07, 6.45) is 1.42. The van der Waals surface area contributed by atoms with Crippen LogP contribution in [0.3, 0.4) is 0 Å². The van der Waals surface area contributed by atoms with E-state index in [0.29, 0.717) is 27.4 Å². The lowest BCUT2D eigenvalue weighted by Gasteiger charge is -2.39. The van der Waals surface area contributed by atoms with Crippen LogP contribution in [0, 0.1) is 5.82 Å². The number of nitrogens with one attached hydrogen (secondary N) is 1. The molecule has 0 saturated heterocycles. The molecule has 0 radical (unpaired) electrons. The smallest absolute Gasteiger partial charge is 0.227 e. The van der Waals surface area contributed by atoms with Crippen molar-refractivity contribution >= 4 is 50.9 Å². The van der Waals surface area contributed by atoms with Crippen molar-refractivity contribution in [1.29, 1.82) is 0 Å². The summed E-state index contributed by atoms with van der Waals surface area (Å²) in [5, 5.41) is 9.32. The second-order valence-electron chi connectivity index (χ2n) is 7.94. The maximum atomic E-state index is 15.3. The first-order valence-electron chi connectivity index (χ1n) is 10.5. The summed E-state index contributed by atoms with van der Waals surface area (Å²) in [5.41, 5.74) is 3.86. The Labute approximate surface area is 213 Å². The van der Waals surface area contributed by atoms with E-state index in [0.717, 1.165) is 26.9 Å². The van der Waals surface area contributed by atoms with Gasteiger partial charge in [0, 0.05) is 26.2 Å². The summed E-state index contributed by atoms with van der Waals surface area (Å²) < 4.78 is 24.5. The summed E-state index contributed by atoms with van der Waals surface area (Å²) in [4.78, 5) is 4.64. The SMILES string of the molecule is CSc1nc2n(n1)[C@@H](c1ccccc1F)C1=C(N2)c2cc(Cl)ccc2O[C@@H]1c1cccc(Br)c1. The average molecular weight is 556 g/mol. The van der Waals surface area contributed by atoms with E-state index in [2.05, 4.69) is 26.2 Å². The summed E-state index contributed by atoms with van der Waals surface area (Å²) in [7, 11) is 0. The minimum absolute atomic E-state index is 0.321. The topological polar surface area (TPSA) is 52.0 Å².